The van der Waals surface area contributed by atoms with E-state index in [-0.39, 0.29) is 0 Å². The summed E-state index contributed by atoms with van der Waals surface area (Å²) in [6, 6.07) is 20.3. The highest BCUT2D eigenvalue weighted by atomic mass is 14.6. The standard InChI is InChI=1S/C17H15N/c1-3-8-16(9-4-1)12-7-14-18-15-13-17-10-5-2-6-11-17/h1-15H. The summed E-state index contributed by atoms with van der Waals surface area (Å²) in [6.45, 7) is 0. The highest BCUT2D eigenvalue weighted by Crippen LogP contribution is 2.01. The molecule has 0 aliphatic carbocycles. The van der Waals surface area contributed by atoms with Gasteiger partial charge in [-0.2, -0.15) is 0 Å². The Bertz CT molecular complexity index is 485. The third-order valence-electron chi connectivity index (χ3n) is 2.41. The lowest BCUT2D eigenvalue weighted by molar-refractivity contribution is 1.59. The number of nitrogens with zero attached hydrogens (tertiary/aromatic N) is 1. The number of allylic oxidation sites excluding steroid dienone is 1. The Hall–Kier alpha value is -2.41. The van der Waals surface area contributed by atoms with E-state index in [9.17, 15) is 0 Å². The molecule has 1 nitrogen and oxygen atoms in total. The molecule has 0 saturated heterocycles. The van der Waals surface area contributed by atoms with E-state index in [0.717, 1.165) is 5.56 Å². The van der Waals surface area contributed by atoms with E-state index in [1.165, 1.54) is 5.56 Å². The van der Waals surface area contributed by atoms with Gasteiger partial charge in [-0.05, 0) is 23.3 Å². The average Bonchev–Trinajstić information content (AvgIpc) is 2.45. The fraction of sp³-hybridized carbons (Fsp3) is 0. The van der Waals surface area contributed by atoms with E-state index in [4.69, 9.17) is 0 Å². The Balaban J connectivity index is 1.86. The molecule has 88 valence electrons. The van der Waals surface area contributed by atoms with Crippen molar-refractivity contribution in [2.24, 2.45) is 4.99 Å². The van der Waals surface area contributed by atoms with E-state index >= 15 is 0 Å². The summed E-state index contributed by atoms with van der Waals surface area (Å²) in [5, 5.41) is 0. The van der Waals surface area contributed by atoms with Gasteiger partial charge < -0.3 is 0 Å². The van der Waals surface area contributed by atoms with Crippen molar-refractivity contribution in [3.05, 3.63) is 84.1 Å². The second-order valence-corrected chi connectivity index (χ2v) is 3.79. The Morgan fingerprint density at radius 2 is 1.22 bits per heavy atom. The largest absolute Gasteiger partial charge is 0.265 e. The molecule has 0 saturated carbocycles. The lowest BCUT2D eigenvalue weighted by atomic mass is 10.2. The van der Waals surface area contributed by atoms with Crippen LogP contribution in [0, 0.1) is 0 Å². The Morgan fingerprint density at radius 3 is 1.83 bits per heavy atom. The summed E-state index contributed by atoms with van der Waals surface area (Å²) < 4.78 is 0. The van der Waals surface area contributed by atoms with Crippen LogP contribution < -0.4 is 0 Å². The molecule has 0 radical (unpaired) electrons. The van der Waals surface area contributed by atoms with Crippen LogP contribution >= 0.6 is 0 Å². The number of aliphatic imine (C=N–C) groups is 1. The Morgan fingerprint density at radius 1 is 0.667 bits per heavy atom. The molecule has 0 fully saturated rings. The zero-order valence-corrected chi connectivity index (χ0v) is 10.1. The van der Waals surface area contributed by atoms with Crippen LogP contribution in [-0.4, -0.2) is 6.21 Å². The van der Waals surface area contributed by atoms with Crippen molar-refractivity contribution < 1.29 is 0 Å². The summed E-state index contributed by atoms with van der Waals surface area (Å²) in [6.07, 6.45) is 9.52. The van der Waals surface area contributed by atoms with Gasteiger partial charge in [-0.3, -0.25) is 4.99 Å². The normalized spacial score (nSPS) is 11.8. The van der Waals surface area contributed by atoms with Crippen molar-refractivity contribution in [1.82, 2.24) is 0 Å². The lowest BCUT2D eigenvalue weighted by Crippen LogP contribution is -1.69. The van der Waals surface area contributed by atoms with Gasteiger partial charge in [-0.15, -0.1) is 0 Å². The van der Waals surface area contributed by atoms with E-state index in [0.29, 0.717) is 0 Å². The molecule has 18 heavy (non-hydrogen) atoms. The zero-order chi connectivity index (χ0) is 12.5. The maximum atomic E-state index is 4.19. The van der Waals surface area contributed by atoms with Crippen molar-refractivity contribution in [1.29, 1.82) is 0 Å². The Kier molecular flexibility index (Phi) is 4.70. The van der Waals surface area contributed by atoms with Crippen LogP contribution in [0.25, 0.3) is 12.2 Å². The molecule has 0 amide bonds. The minimum atomic E-state index is 1.15. The molecule has 0 atom stereocenters. The van der Waals surface area contributed by atoms with Crippen molar-refractivity contribution in [2.45, 2.75) is 0 Å². The SMILES string of the molecule is C(=Cc1ccccc1)C=NC=Cc1ccccc1. The molecule has 2 aromatic carbocycles. The number of benzene rings is 2. The second-order valence-electron chi connectivity index (χ2n) is 3.79. The van der Waals surface area contributed by atoms with Crippen LogP contribution in [0.3, 0.4) is 0 Å². The fourth-order valence-corrected chi connectivity index (χ4v) is 1.51. The third kappa shape index (κ3) is 4.22. The van der Waals surface area contributed by atoms with Crippen LogP contribution in [-0.2, 0) is 0 Å². The van der Waals surface area contributed by atoms with Crippen LogP contribution in [0.5, 0.6) is 0 Å². The molecule has 0 aromatic heterocycles. The van der Waals surface area contributed by atoms with Gasteiger partial charge in [0.2, 0.25) is 0 Å². The zero-order valence-electron chi connectivity index (χ0n) is 10.1. The molecule has 1 heteroatoms. The Labute approximate surface area is 108 Å². The van der Waals surface area contributed by atoms with Crippen molar-refractivity contribution >= 4 is 18.4 Å². The molecule has 0 N–H and O–H groups in total. The summed E-state index contributed by atoms with van der Waals surface area (Å²) in [4.78, 5) is 4.19. The number of hydrogen-bond acceptors (Lipinski definition) is 1. The molecule has 2 aromatic rings. The molecule has 0 heterocycles. The lowest BCUT2D eigenvalue weighted by Gasteiger charge is -1.88. The van der Waals surface area contributed by atoms with Crippen molar-refractivity contribution in [2.75, 3.05) is 0 Å². The van der Waals surface area contributed by atoms with E-state index in [2.05, 4.69) is 17.1 Å². The van der Waals surface area contributed by atoms with Crippen LogP contribution in [0.15, 0.2) is 77.9 Å². The predicted molar refractivity (Wildman–Crippen MR) is 79.4 cm³/mol. The van der Waals surface area contributed by atoms with Gasteiger partial charge in [0.25, 0.3) is 0 Å². The number of rotatable bonds is 4. The molecule has 0 spiro atoms. The quantitative estimate of drug-likeness (QED) is 0.692. The van der Waals surface area contributed by atoms with Crippen LogP contribution in [0.2, 0.25) is 0 Å². The highest BCUT2D eigenvalue weighted by Gasteiger charge is 1.81. The summed E-state index contributed by atoms with van der Waals surface area (Å²) in [7, 11) is 0. The van der Waals surface area contributed by atoms with Gasteiger partial charge >= 0.3 is 0 Å². The molecule has 0 unspecified atom stereocenters. The predicted octanol–water partition coefficient (Wildman–Crippen LogP) is 4.44. The topological polar surface area (TPSA) is 12.4 Å². The minimum absolute atomic E-state index is 1.15. The van der Waals surface area contributed by atoms with Gasteiger partial charge in [0.05, 0.1) is 0 Å². The monoisotopic (exact) mass is 233 g/mol. The van der Waals surface area contributed by atoms with Crippen molar-refractivity contribution in [3.63, 3.8) is 0 Å². The minimum Gasteiger partial charge on any atom is -0.265 e. The van der Waals surface area contributed by atoms with Gasteiger partial charge in [-0.1, -0.05) is 66.7 Å². The van der Waals surface area contributed by atoms with Gasteiger partial charge in [0.1, 0.15) is 0 Å². The van der Waals surface area contributed by atoms with Gasteiger partial charge in [0.15, 0.2) is 0 Å². The van der Waals surface area contributed by atoms with E-state index < -0.39 is 0 Å². The molecule has 0 aliphatic heterocycles. The summed E-state index contributed by atoms with van der Waals surface area (Å²) in [5.74, 6) is 0. The first kappa shape index (κ1) is 12.1. The smallest absolute Gasteiger partial charge is 0.0273 e. The first-order valence-corrected chi connectivity index (χ1v) is 5.92. The van der Waals surface area contributed by atoms with Gasteiger partial charge in [0, 0.05) is 12.4 Å². The average molecular weight is 233 g/mol. The molecule has 2 rings (SSSR count). The first-order valence-electron chi connectivity index (χ1n) is 5.92. The fourth-order valence-electron chi connectivity index (χ4n) is 1.51. The van der Waals surface area contributed by atoms with E-state index in [1.807, 2.05) is 66.8 Å². The molecular weight excluding hydrogens is 218 g/mol. The van der Waals surface area contributed by atoms with E-state index in [1.54, 1.807) is 12.4 Å². The molecular formula is C17H15N. The maximum absolute atomic E-state index is 4.19. The highest BCUT2D eigenvalue weighted by molar-refractivity contribution is 5.78. The third-order valence-corrected chi connectivity index (χ3v) is 2.41. The second kappa shape index (κ2) is 7.02. The van der Waals surface area contributed by atoms with Gasteiger partial charge in [-0.25, -0.2) is 0 Å². The molecule has 0 bridgehead atoms. The van der Waals surface area contributed by atoms with Crippen molar-refractivity contribution in [3.8, 4) is 0 Å². The van der Waals surface area contributed by atoms with Crippen LogP contribution in [0.1, 0.15) is 11.1 Å². The summed E-state index contributed by atoms with van der Waals surface area (Å²) in [5.41, 5.74) is 2.33. The first-order chi connectivity index (χ1) is 8.95. The maximum Gasteiger partial charge on any atom is 0.0273 e. The number of hydrogen-bond donors (Lipinski definition) is 0. The van der Waals surface area contributed by atoms with Crippen LogP contribution in [0.4, 0.5) is 0 Å². The molecule has 0 aliphatic rings. The summed E-state index contributed by atoms with van der Waals surface area (Å²) >= 11 is 0.